The highest BCUT2D eigenvalue weighted by Gasteiger charge is 2.27. The second-order valence-corrected chi connectivity index (χ2v) is 4.05. The Kier molecular flexibility index (Phi) is 1.63. The minimum absolute atomic E-state index is 0.384. The third kappa shape index (κ3) is 1.21. The number of nitrogens with zero attached hydrogens (tertiary/aromatic N) is 2. The molecule has 1 aromatic rings. The molecule has 0 radical (unpaired) electrons. The maximum atomic E-state index is 5.99. The van der Waals surface area contributed by atoms with Gasteiger partial charge in [0, 0.05) is 5.69 Å². The maximum absolute atomic E-state index is 5.99. The Balaban J connectivity index is 2.51. The van der Waals surface area contributed by atoms with Crippen LogP contribution in [0.3, 0.4) is 0 Å². The van der Waals surface area contributed by atoms with Crippen LogP contribution >= 0.6 is 0 Å². The number of nitrogens with two attached hydrogens (primary N) is 1. The lowest BCUT2D eigenvalue weighted by atomic mass is 10.0. The predicted molar refractivity (Wildman–Crippen MR) is 49.7 cm³/mol. The molecule has 0 aliphatic carbocycles. The van der Waals surface area contributed by atoms with Crippen molar-refractivity contribution in [2.24, 2.45) is 5.73 Å². The number of hydrogen-bond acceptors (Lipinski definition) is 3. The Morgan fingerprint density at radius 3 is 2.77 bits per heavy atom. The van der Waals surface area contributed by atoms with Crippen molar-refractivity contribution in [2.75, 3.05) is 6.61 Å². The van der Waals surface area contributed by atoms with E-state index in [4.69, 9.17) is 10.5 Å². The van der Waals surface area contributed by atoms with E-state index in [1.54, 1.807) is 0 Å². The largest absolute Gasteiger partial charge is 0.463 e. The summed E-state index contributed by atoms with van der Waals surface area (Å²) in [7, 11) is 0. The van der Waals surface area contributed by atoms with Crippen molar-refractivity contribution in [1.29, 1.82) is 0 Å². The van der Waals surface area contributed by atoms with Gasteiger partial charge in [0.25, 0.3) is 6.01 Å². The van der Waals surface area contributed by atoms with Crippen molar-refractivity contribution in [3.63, 3.8) is 0 Å². The molecule has 0 amide bonds. The smallest absolute Gasteiger partial charge is 0.296 e. The van der Waals surface area contributed by atoms with Crippen LogP contribution in [0.4, 0.5) is 0 Å². The fraction of sp³-hybridized carbons (Fsp3) is 0.667. The summed E-state index contributed by atoms with van der Waals surface area (Å²) in [6, 6.07) is 0.714. The van der Waals surface area contributed by atoms with Crippen molar-refractivity contribution in [3.05, 3.63) is 11.4 Å². The van der Waals surface area contributed by atoms with Crippen LogP contribution < -0.4 is 10.5 Å². The Morgan fingerprint density at radius 1 is 1.54 bits per heavy atom. The van der Waals surface area contributed by atoms with Crippen molar-refractivity contribution in [3.8, 4) is 6.01 Å². The molecular formula is C9H15N3O. The number of imidazole rings is 1. The van der Waals surface area contributed by atoms with E-state index in [-0.39, 0.29) is 5.54 Å². The monoisotopic (exact) mass is 181 g/mol. The van der Waals surface area contributed by atoms with Crippen LogP contribution in [-0.2, 0) is 12.1 Å². The van der Waals surface area contributed by atoms with E-state index in [0.717, 1.165) is 24.5 Å². The van der Waals surface area contributed by atoms with Crippen LogP contribution in [0.15, 0.2) is 0 Å². The highest BCUT2D eigenvalue weighted by molar-refractivity contribution is 5.26. The van der Waals surface area contributed by atoms with Crippen LogP contribution in [-0.4, -0.2) is 16.2 Å². The molecule has 72 valence electrons. The molecule has 2 heterocycles. The van der Waals surface area contributed by atoms with E-state index in [2.05, 4.69) is 9.55 Å². The van der Waals surface area contributed by atoms with E-state index in [1.165, 1.54) is 0 Å². The zero-order valence-electron chi connectivity index (χ0n) is 8.29. The molecule has 1 aliphatic rings. The van der Waals surface area contributed by atoms with Crippen LogP contribution in [0.25, 0.3) is 0 Å². The van der Waals surface area contributed by atoms with Gasteiger partial charge < -0.3 is 10.5 Å². The van der Waals surface area contributed by atoms with Gasteiger partial charge in [0.2, 0.25) is 0 Å². The molecule has 0 saturated heterocycles. The van der Waals surface area contributed by atoms with Gasteiger partial charge in [-0.2, -0.15) is 4.98 Å². The molecule has 0 spiro atoms. The number of aromatic nitrogens is 2. The number of hydrogen-bond donors (Lipinski definition) is 1. The lowest BCUT2D eigenvalue weighted by Gasteiger charge is -2.16. The van der Waals surface area contributed by atoms with Crippen LogP contribution in [0.1, 0.15) is 25.2 Å². The fourth-order valence-corrected chi connectivity index (χ4v) is 1.72. The molecule has 2 rings (SSSR count). The van der Waals surface area contributed by atoms with E-state index in [0.29, 0.717) is 6.01 Å². The molecule has 4 nitrogen and oxygen atoms in total. The van der Waals surface area contributed by atoms with Crippen molar-refractivity contribution < 1.29 is 4.74 Å². The Labute approximate surface area is 77.7 Å². The molecular weight excluding hydrogens is 166 g/mol. The van der Waals surface area contributed by atoms with Crippen molar-refractivity contribution in [1.82, 2.24) is 9.55 Å². The first-order valence-electron chi connectivity index (χ1n) is 4.49. The average molecular weight is 181 g/mol. The van der Waals surface area contributed by atoms with Crippen LogP contribution in [0.5, 0.6) is 6.01 Å². The molecule has 1 aromatic heterocycles. The first-order chi connectivity index (χ1) is 6.00. The van der Waals surface area contributed by atoms with Crippen molar-refractivity contribution in [2.45, 2.75) is 32.9 Å². The molecule has 0 saturated carbocycles. The first-order valence-corrected chi connectivity index (χ1v) is 4.49. The second-order valence-electron chi connectivity index (χ2n) is 4.05. The summed E-state index contributed by atoms with van der Waals surface area (Å²) in [5.41, 5.74) is 7.66. The molecule has 1 aliphatic heterocycles. The number of rotatable bonds is 1. The number of fused-ring (bicyclic) bond motifs is 1. The summed E-state index contributed by atoms with van der Waals surface area (Å²) in [6.45, 7) is 7.57. The van der Waals surface area contributed by atoms with Gasteiger partial charge >= 0.3 is 0 Å². The Bertz CT molecular complexity index is 335. The van der Waals surface area contributed by atoms with Gasteiger partial charge in [-0.3, -0.25) is 4.57 Å². The molecule has 13 heavy (non-hydrogen) atoms. The van der Waals surface area contributed by atoms with Gasteiger partial charge in [-0.15, -0.1) is 0 Å². The Hall–Kier alpha value is -1.03. The fourth-order valence-electron chi connectivity index (χ4n) is 1.72. The second kappa shape index (κ2) is 2.48. The standard InChI is InChI=1S/C9H15N3O/c1-6-7(9(2,3)10)11-8-12(6)4-5-13-8/h4-5,10H2,1-3H3. The lowest BCUT2D eigenvalue weighted by molar-refractivity contribution is 0.341. The minimum atomic E-state index is -0.384. The lowest BCUT2D eigenvalue weighted by Crippen LogP contribution is -2.30. The van der Waals surface area contributed by atoms with Crippen LogP contribution in [0, 0.1) is 6.92 Å². The third-order valence-corrected chi connectivity index (χ3v) is 2.34. The molecule has 0 unspecified atom stereocenters. The molecule has 2 N–H and O–H groups in total. The molecule has 0 bridgehead atoms. The topological polar surface area (TPSA) is 53.1 Å². The van der Waals surface area contributed by atoms with Gasteiger partial charge in [-0.1, -0.05) is 0 Å². The average Bonchev–Trinajstić information content (AvgIpc) is 2.51. The summed E-state index contributed by atoms with van der Waals surface area (Å²) >= 11 is 0. The van der Waals surface area contributed by atoms with Crippen LogP contribution in [0.2, 0.25) is 0 Å². The summed E-state index contributed by atoms with van der Waals surface area (Å²) < 4.78 is 7.42. The molecule has 0 atom stereocenters. The highest BCUT2D eigenvalue weighted by atomic mass is 16.5. The summed E-state index contributed by atoms with van der Waals surface area (Å²) in [4.78, 5) is 4.38. The normalized spacial score (nSPS) is 15.7. The summed E-state index contributed by atoms with van der Waals surface area (Å²) in [6.07, 6.45) is 0. The highest BCUT2D eigenvalue weighted by Crippen LogP contribution is 2.27. The van der Waals surface area contributed by atoms with Crippen molar-refractivity contribution >= 4 is 0 Å². The zero-order valence-corrected chi connectivity index (χ0v) is 8.29. The molecule has 0 fully saturated rings. The minimum Gasteiger partial charge on any atom is -0.463 e. The summed E-state index contributed by atoms with van der Waals surface area (Å²) in [5, 5.41) is 0. The molecule has 0 aromatic carbocycles. The van der Waals surface area contributed by atoms with E-state index < -0.39 is 0 Å². The third-order valence-electron chi connectivity index (χ3n) is 2.34. The zero-order chi connectivity index (χ0) is 9.64. The first kappa shape index (κ1) is 8.56. The molecule has 4 heteroatoms. The quantitative estimate of drug-likeness (QED) is 0.696. The van der Waals surface area contributed by atoms with E-state index in [1.807, 2.05) is 20.8 Å². The van der Waals surface area contributed by atoms with Gasteiger partial charge in [-0.05, 0) is 20.8 Å². The maximum Gasteiger partial charge on any atom is 0.296 e. The van der Waals surface area contributed by atoms with E-state index >= 15 is 0 Å². The van der Waals surface area contributed by atoms with E-state index in [9.17, 15) is 0 Å². The SMILES string of the molecule is Cc1c(C(C)(C)N)nc2n1CCO2. The van der Waals surface area contributed by atoms with Gasteiger partial charge in [0.05, 0.1) is 17.8 Å². The van der Waals surface area contributed by atoms with Gasteiger partial charge in [0.15, 0.2) is 0 Å². The summed E-state index contributed by atoms with van der Waals surface area (Å²) in [5.74, 6) is 0. The van der Waals surface area contributed by atoms with Gasteiger partial charge in [0.1, 0.15) is 6.61 Å². The number of ether oxygens (including phenoxy) is 1. The Morgan fingerprint density at radius 2 is 2.23 bits per heavy atom. The predicted octanol–water partition coefficient (Wildman–Crippen LogP) is 0.778. The van der Waals surface area contributed by atoms with Gasteiger partial charge in [-0.25, -0.2) is 0 Å².